The molecule has 0 bridgehead atoms. The van der Waals surface area contributed by atoms with Crippen LogP contribution in [0.3, 0.4) is 0 Å². The Balaban J connectivity index is 1.71. The van der Waals surface area contributed by atoms with Gasteiger partial charge in [0.1, 0.15) is 5.75 Å². The molecule has 1 amide bonds. The molecule has 1 aromatic carbocycles. The zero-order valence-electron chi connectivity index (χ0n) is 12.1. The maximum Gasteiger partial charge on any atom is 0.246 e. The average molecular weight is 287 g/mol. The van der Waals surface area contributed by atoms with E-state index >= 15 is 0 Å². The van der Waals surface area contributed by atoms with Crippen LogP contribution in [0, 0.1) is 5.92 Å². The number of nitrogens with zero attached hydrogens (tertiary/aromatic N) is 3. The number of ether oxygens (including phenoxy) is 1. The summed E-state index contributed by atoms with van der Waals surface area (Å²) in [5, 5.41) is 3.96. The number of methoxy groups -OCH3 is 1. The molecule has 1 saturated carbocycles. The number of aromatic nitrogens is 2. The van der Waals surface area contributed by atoms with Gasteiger partial charge in [0.05, 0.1) is 13.7 Å². The van der Waals surface area contributed by atoms with E-state index in [-0.39, 0.29) is 11.8 Å². The third-order valence-corrected chi connectivity index (χ3v) is 3.47. The Morgan fingerprint density at radius 2 is 2.29 bits per heavy atom. The average Bonchev–Trinajstić information content (AvgIpc) is 3.26. The molecule has 1 aliphatic rings. The van der Waals surface area contributed by atoms with Crippen LogP contribution in [0.2, 0.25) is 0 Å². The molecule has 6 heteroatoms. The smallest absolute Gasteiger partial charge is 0.246 e. The van der Waals surface area contributed by atoms with Gasteiger partial charge >= 0.3 is 0 Å². The molecule has 6 nitrogen and oxygen atoms in total. The molecular weight excluding hydrogens is 270 g/mol. The Hall–Kier alpha value is -2.37. The van der Waals surface area contributed by atoms with Gasteiger partial charge in [-0.2, -0.15) is 4.98 Å². The molecule has 0 N–H and O–H groups in total. The second kappa shape index (κ2) is 5.55. The van der Waals surface area contributed by atoms with E-state index in [9.17, 15) is 4.79 Å². The van der Waals surface area contributed by atoms with Gasteiger partial charge < -0.3 is 14.2 Å². The molecule has 110 valence electrons. The number of hydrogen-bond donors (Lipinski definition) is 0. The van der Waals surface area contributed by atoms with Crippen LogP contribution in [-0.2, 0) is 11.3 Å². The van der Waals surface area contributed by atoms with Crippen LogP contribution in [0.1, 0.15) is 18.7 Å². The molecule has 0 spiro atoms. The summed E-state index contributed by atoms with van der Waals surface area (Å²) < 4.78 is 10.4. The fraction of sp³-hybridized carbons (Fsp3) is 0.400. The predicted octanol–water partition coefficient (Wildman–Crippen LogP) is 2.11. The lowest BCUT2D eigenvalue weighted by atomic mass is 10.2. The van der Waals surface area contributed by atoms with Crippen LogP contribution in [0.5, 0.6) is 5.75 Å². The normalized spacial score (nSPS) is 14.0. The van der Waals surface area contributed by atoms with Gasteiger partial charge in [-0.25, -0.2) is 0 Å². The first-order valence-corrected chi connectivity index (χ1v) is 6.89. The third-order valence-electron chi connectivity index (χ3n) is 3.47. The van der Waals surface area contributed by atoms with Crippen LogP contribution in [0.4, 0.5) is 0 Å². The summed E-state index contributed by atoms with van der Waals surface area (Å²) in [6.45, 7) is 0.340. The molecule has 0 saturated heterocycles. The lowest BCUT2D eigenvalue weighted by molar-refractivity contribution is -0.132. The fourth-order valence-corrected chi connectivity index (χ4v) is 2.12. The maximum absolute atomic E-state index is 11.9. The number of rotatable bonds is 5. The third kappa shape index (κ3) is 3.04. The van der Waals surface area contributed by atoms with Gasteiger partial charge in [0.2, 0.25) is 17.6 Å². The zero-order chi connectivity index (χ0) is 14.8. The minimum absolute atomic E-state index is 0.149. The lowest BCUT2D eigenvalue weighted by Gasteiger charge is -2.13. The second-order valence-electron chi connectivity index (χ2n) is 5.21. The maximum atomic E-state index is 11.9. The van der Waals surface area contributed by atoms with Gasteiger partial charge in [-0.1, -0.05) is 17.3 Å². The molecule has 21 heavy (non-hydrogen) atoms. The Morgan fingerprint density at radius 3 is 3.00 bits per heavy atom. The van der Waals surface area contributed by atoms with E-state index in [4.69, 9.17) is 9.26 Å². The quantitative estimate of drug-likeness (QED) is 0.842. The van der Waals surface area contributed by atoms with Gasteiger partial charge in [-0.15, -0.1) is 0 Å². The van der Waals surface area contributed by atoms with Crippen molar-refractivity contribution in [2.24, 2.45) is 5.92 Å². The standard InChI is InChI=1S/C15H17N3O3/c1-18(15(19)10-6-7-10)9-13-16-14(17-21-13)11-4-3-5-12(8-11)20-2/h3-5,8,10H,6-7,9H2,1-2H3. The monoisotopic (exact) mass is 287 g/mol. The number of carbonyl (C=O) groups is 1. The highest BCUT2D eigenvalue weighted by molar-refractivity contribution is 5.80. The molecule has 1 fully saturated rings. The summed E-state index contributed by atoms with van der Waals surface area (Å²) in [6.07, 6.45) is 1.98. The van der Waals surface area contributed by atoms with Crippen molar-refractivity contribution >= 4 is 5.91 Å². The molecule has 0 unspecified atom stereocenters. The molecule has 0 aliphatic heterocycles. The van der Waals surface area contributed by atoms with E-state index < -0.39 is 0 Å². The summed E-state index contributed by atoms with van der Waals surface area (Å²) in [5.41, 5.74) is 0.820. The number of carbonyl (C=O) groups excluding carboxylic acids is 1. The van der Waals surface area contributed by atoms with Crippen molar-refractivity contribution in [2.75, 3.05) is 14.2 Å². The summed E-state index contributed by atoms with van der Waals surface area (Å²) in [4.78, 5) is 17.9. The van der Waals surface area contributed by atoms with Crippen molar-refractivity contribution in [3.63, 3.8) is 0 Å². The molecule has 1 aromatic heterocycles. The molecule has 3 rings (SSSR count). The minimum atomic E-state index is 0.149. The largest absolute Gasteiger partial charge is 0.497 e. The lowest BCUT2D eigenvalue weighted by Crippen LogP contribution is -2.27. The first-order chi connectivity index (χ1) is 10.2. The topological polar surface area (TPSA) is 68.5 Å². The van der Waals surface area contributed by atoms with Crippen LogP contribution >= 0.6 is 0 Å². The number of benzene rings is 1. The highest BCUT2D eigenvalue weighted by Crippen LogP contribution is 2.31. The van der Waals surface area contributed by atoms with Gasteiger partial charge in [0, 0.05) is 18.5 Å². The van der Waals surface area contributed by atoms with Crippen LogP contribution in [0.25, 0.3) is 11.4 Å². The van der Waals surface area contributed by atoms with Crippen LogP contribution in [0.15, 0.2) is 28.8 Å². The van der Waals surface area contributed by atoms with Crippen molar-refractivity contribution < 1.29 is 14.1 Å². The van der Waals surface area contributed by atoms with Crippen LogP contribution < -0.4 is 4.74 Å². The van der Waals surface area contributed by atoms with Crippen molar-refractivity contribution in [3.8, 4) is 17.1 Å². The van der Waals surface area contributed by atoms with Crippen molar-refractivity contribution in [1.29, 1.82) is 0 Å². The molecule has 0 radical (unpaired) electrons. The van der Waals surface area contributed by atoms with Crippen LogP contribution in [-0.4, -0.2) is 35.1 Å². The Morgan fingerprint density at radius 1 is 1.48 bits per heavy atom. The first-order valence-electron chi connectivity index (χ1n) is 6.89. The van der Waals surface area contributed by atoms with E-state index in [1.807, 2.05) is 24.3 Å². The van der Waals surface area contributed by atoms with Crippen molar-refractivity contribution in [1.82, 2.24) is 15.0 Å². The molecular formula is C15H17N3O3. The Labute approximate surface area is 122 Å². The van der Waals surface area contributed by atoms with Gasteiger partial charge in [-0.3, -0.25) is 4.79 Å². The van der Waals surface area contributed by atoms with E-state index in [0.717, 1.165) is 24.2 Å². The van der Waals surface area contributed by atoms with Crippen molar-refractivity contribution in [3.05, 3.63) is 30.2 Å². The Bertz CT molecular complexity index is 649. The molecule has 2 aromatic rings. The summed E-state index contributed by atoms with van der Waals surface area (Å²) >= 11 is 0. The fourth-order valence-electron chi connectivity index (χ4n) is 2.12. The summed E-state index contributed by atoms with van der Waals surface area (Å²) in [5.74, 6) is 2.01. The summed E-state index contributed by atoms with van der Waals surface area (Å²) in [6, 6.07) is 7.45. The highest BCUT2D eigenvalue weighted by atomic mass is 16.5. The molecule has 0 atom stereocenters. The first kappa shape index (κ1) is 13.6. The minimum Gasteiger partial charge on any atom is -0.497 e. The summed E-state index contributed by atoms with van der Waals surface area (Å²) in [7, 11) is 3.37. The number of hydrogen-bond acceptors (Lipinski definition) is 5. The Kier molecular flexibility index (Phi) is 3.60. The van der Waals surface area contributed by atoms with E-state index in [2.05, 4.69) is 10.1 Å². The molecule has 1 heterocycles. The van der Waals surface area contributed by atoms with Gasteiger partial charge in [-0.05, 0) is 25.0 Å². The number of amides is 1. The van der Waals surface area contributed by atoms with E-state index in [1.54, 1.807) is 19.1 Å². The zero-order valence-corrected chi connectivity index (χ0v) is 12.1. The van der Waals surface area contributed by atoms with Gasteiger partial charge in [0.25, 0.3) is 0 Å². The SMILES string of the molecule is COc1cccc(-c2noc(CN(C)C(=O)C3CC3)n2)c1. The van der Waals surface area contributed by atoms with Crippen molar-refractivity contribution in [2.45, 2.75) is 19.4 Å². The molecule has 1 aliphatic carbocycles. The van der Waals surface area contributed by atoms with E-state index in [1.165, 1.54) is 0 Å². The predicted molar refractivity (Wildman–Crippen MR) is 75.5 cm³/mol. The van der Waals surface area contributed by atoms with E-state index in [0.29, 0.717) is 18.3 Å². The second-order valence-corrected chi connectivity index (χ2v) is 5.21. The highest BCUT2D eigenvalue weighted by Gasteiger charge is 2.32. The van der Waals surface area contributed by atoms with Gasteiger partial charge in [0.15, 0.2) is 0 Å².